The van der Waals surface area contributed by atoms with Gasteiger partial charge in [-0.05, 0) is 35.8 Å². The van der Waals surface area contributed by atoms with Gasteiger partial charge in [-0.1, -0.05) is 41.3 Å². The van der Waals surface area contributed by atoms with E-state index in [1.165, 1.54) is 34.4 Å². The molecule has 3 N–H and O–H groups in total. The second-order valence-electron chi connectivity index (χ2n) is 4.75. The second kappa shape index (κ2) is 7.91. The molecule has 0 atom stereocenters. The first-order chi connectivity index (χ1) is 12.0. The van der Waals surface area contributed by atoms with Crippen molar-refractivity contribution in [2.45, 2.75) is 4.34 Å². The van der Waals surface area contributed by atoms with Crippen LogP contribution in [0.2, 0.25) is 0 Å². The molecule has 1 aromatic carbocycles. The van der Waals surface area contributed by atoms with Crippen molar-refractivity contribution in [3.05, 3.63) is 51.3 Å². The monoisotopic (exact) mass is 408 g/mol. The van der Waals surface area contributed by atoms with Crippen LogP contribution in [-0.2, 0) is 4.79 Å². The van der Waals surface area contributed by atoms with Crippen molar-refractivity contribution in [3.8, 4) is 5.69 Å². The molecule has 0 aliphatic carbocycles. The highest BCUT2D eigenvalue weighted by Crippen LogP contribution is 2.26. The number of thioether (sulfide) groups is 1. The first-order valence-electron chi connectivity index (χ1n) is 7.00. The number of para-hydroxylation sites is 1. The molecule has 3 rings (SSSR count). The molecule has 0 radical (unpaired) electrons. The summed E-state index contributed by atoms with van der Waals surface area (Å²) in [6, 6.07) is 11.2. The maximum absolute atomic E-state index is 12.1. The van der Waals surface area contributed by atoms with Crippen LogP contribution in [0.25, 0.3) is 5.69 Å². The number of aromatic nitrogens is 2. The molecule has 10 heteroatoms. The fourth-order valence-corrected chi connectivity index (χ4v) is 4.91. The molecule has 0 saturated heterocycles. The molecular formula is C15H12N4O2S4. The van der Waals surface area contributed by atoms with Crippen LogP contribution in [0.1, 0.15) is 10.4 Å². The zero-order valence-electron chi connectivity index (χ0n) is 12.7. The van der Waals surface area contributed by atoms with E-state index in [9.17, 15) is 9.59 Å². The van der Waals surface area contributed by atoms with Crippen molar-refractivity contribution in [1.82, 2.24) is 9.78 Å². The van der Waals surface area contributed by atoms with Crippen molar-refractivity contribution < 1.29 is 9.59 Å². The van der Waals surface area contributed by atoms with Crippen LogP contribution < -0.4 is 11.1 Å². The molecule has 2 aromatic heterocycles. The molecule has 0 aliphatic rings. The molecule has 3 aromatic rings. The molecule has 128 valence electrons. The van der Waals surface area contributed by atoms with Crippen LogP contribution >= 0.6 is 46.7 Å². The minimum atomic E-state index is -0.566. The third-order valence-corrected chi connectivity index (χ3v) is 6.24. The third kappa shape index (κ3) is 4.34. The van der Waals surface area contributed by atoms with Gasteiger partial charge >= 0.3 is 0 Å². The Hall–Kier alpha value is -2.01. The largest absolute Gasteiger partial charge is 0.366 e. The van der Waals surface area contributed by atoms with Gasteiger partial charge in [-0.25, -0.2) is 4.68 Å². The first-order valence-corrected chi connectivity index (χ1v) is 10.1. The number of primary amides is 1. The van der Waals surface area contributed by atoms with E-state index in [0.717, 1.165) is 5.69 Å². The van der Waals surface area contributed by atoms with Crippen LogP contribution in [0.3, 0.4) is 0 Å². The molecule has 0 saturated carbocycles. The zero-order valence-corrected chi connectivity index (χ0v) is 15.9. The highest BCUT2D eigenvalue weighted by molar-refractivity contribution is 8.01. The number of benzene rings is 1. The van der Waals surface area contributed by atoms with Crippen molar-refractivity contribution in [1.29, 1.82) is 0 Å². The standard InChI is InChI=1S/C15H12N4O2S4/c16-12(21)10-6-7-23-13(10)17-11(20)8-24-14-18-19(15(22)25-14)9-4-2-1-3-5-9/h1-7H,8H2,(H2,16,21)(H,17,20). The van der Waals surface area contributed by atoms with Gasteiger partial charge in [-0.2, -0.15) is 0 Å². The summed E-state index contributed by atoms with van der Waals surface area (Å²) < 4.78 is 2.98. The van der Waals surface area contributed by atoms with Gasteiger partial charge < -0.3 is 11.1 Å². The highest BCUT2D eigenvalue weighted by atomic mass is 32.2. The number of anilines is 1. The average molecular weight is 409 g/mol. The molecule has 0 aliphatic heterocycles. The summed E-state index contributed by atoms with van der Waals surface area (Å²) in [6.45, 7) is 0. The van der Waals surface area contributed by atoms with Gasteiger partial charge in [0, 0.05) is 0 Å². The van der Waals surface area contributed by atoms with Crippen molar-refractivity contribution in [2.75, 3.05) is 11.1 Å². The Labute approximate surface area is 160 Å². The van der Waals surface area contributed by atoms with E-state index in [1.54, 1.807) is 16.1 Å². The van der Waals surface area contributed by atoms with Crippen molar-refractivity contribution in [3.63, 3.8) is 0 Å². The van der Waals surface area contributed by atoms with Crippen molar-refractivity contribution >= 4 is 63.5 Å². The van der Waals surface area contributed by atoms with E-state index < -0.39 is 5.91 Å². The summed E-state index contributed by atoms with van der Waals surface area (Å²) in [5.41, 5.74) is 6.45. The fourth-order valence-electron chi connectivity index (χ4n) is 1.94. The number of carbonyl (C=O) groups excluding carboxylic acids is 2. The normalized spacial score (nSPS) is 10.6. The summed E-state index contributed by atoms with van der Waals surface area (Å²) in [5, 5.41) is 9.30. The average Bonchev–Trinajstić information content (AvgIpc) is 3.20. The Balaban J connectivity index is 1.64. The Morgan fingerprint density at radius 1 is 1.28 bits per heavy atom. The zero-order chi connectivity index (χ0) is 17.8. The molecular weight excluding hydrogens is 396 g/mol. The van der Waals surface area contributed by atoms with Crippen LogP contribution in [-0.4, -0.2) is 27.3 Å². The summed E-state index contributed by atoms with van der Waals surface area (Å²) >= 11 is 9.22. The lowest BCUT2D eigenvalue weighted by molar-refractivity contribution is -0.113. The number of nitrogens with one attached hydrogen (secondary N) is 1. The number of amides is 2. The molecule has 6 nitrogen and oxygen atoms in total. The maximum atomic E-state index is 12.1. The Bertz CT molecular complexity index is 961. The van der Waals surface area contributed by atoms with Crippen LogP contribution in [0.4, 0.5) is 5.00 Å². The van der Waals surface area contributed by atoms with Gasteiger partial charge in [0.2, 0.25) is 5.91 Å². The molecule has 0 spiro atoms. The summed E-state index contributed by atoms with van der Waals surface area (Å²) in [5.74, 6) is -0.640. The van der Waals surface area contributed by atoms with Gasteiger partial charge in [0.25, 0.3) is 5.91 Å². The fraction of sp³-hybridized carbons (Fsp3) is 0.0667. The first kappa shape index (κ1) is 17.8. The van der Waals surface area contributed by atoms with E-state index in [2.05, 4.69) is 10.4 Å². The molecule has 0 bridgehead atoms. The lowest BCUT2D eigenvalue weighted by atomic mass is 10.3. The lowest BCUT2D eigenvalue weighted by Crippen LogP contribution is -2.17. The second-order valence-corrected chi connectivity index (χ2v) is 8.51. The van der Waals surface area contributed by atoms with E-state index in [4.69, 9.17) is 18.0 Å². The molecule has 2 amide bonds. The molecule has 2 heterocycles. The van der Waals surface area contributed by atoms with Gasteiger partial charge in [0.05, 0.1) is 17.0 Å². The Morgan fingerprint density at radius 3 is 2.76 bits per heavy atom. The van der Waals surface area contributed by atoms with E-state index >= 15 is 0 Å². The number of hydrogen-bond donors (Lipinski definition) is 2. The van der Waals surface area contributed by atoms with Crippen LogP contribution in [0.15, 0.2) is 46.1 Å². The van der Waals surface area contributed by atoms with Crippen LogP contribution in [0, 0.1) is 3.95 Å². The summed E-state index contributed by atoms with van der Waals surface area (Å²) in [6.07, 6.45) is 0. The number of carbonyl (C=O) groups is 2. The minimum absolute atomic E-state index is 0.160. The van der Waals surface area contributed by atoms with Crippen LogP contribution in [0.5, 0.6) is 0 Å². The predicted octanol–water partition coefficient (Wildman–Crippen LogP) is 3.55. The van der Waals surface area contributed by atoms with E-state index in [0.29, 0.717) is 18.9 Å². The molecule has 0 fully saturated rings. The van der Waals surface area contributed by atoms with E-state index in [1.807, 2.05) is 30.3 Å². The van der Waals surface area contributed by atoms with Crippen molar-refractivity contribution in [2.24, 2.45) is 5.73 Å². The predicted molar refractivity (Wildman–Crippen MR) is 104 cm³/mol. The highest BCUT2D eigenvalue weighted by Gasteiger charge is 2.14. The minimum Gasteiger partial charge on any atom is -0.366 e. The third-order valence-electron chi connectivity index (χ3n) is 3.04. The Morgan fingerprint density at radius 2 is 2.04 bits per heavy atom. The summed E-state index contributed by atoms with van der Waals surface area (Å²) in [7, 11) is 0. The number of rotatable bonds is 6. The summed E-state index contributed by atoms with van der Waals surface area (Å²) in [4.78, 5) is 23.4. The molecule has 0 unspecified atom stereocenters. The molecule has 25 heavy (non-hydrogen) atoms. The number of thiophene rings is 1. The van der Waals surface area contributed by atoms with Gasteiger partial charge in [-0.15, -0.1) is 16.4 Å². The van der Waals surface area contributed by atoms with Gasteiger partial charge in [-0.3, -0.25) is 9.59 Å². The topological polar surface area (TPSA) is 90.0 Å². The maximum Gasteiger partial charge on any atom is 0.251 e. The van der Waals surface area contributed by atoms with E-state index in [-0.39, 0.29) is 11.7 Å². The smallest absolute Gasteiger partial charge is 0.251 e. The number of nitrogens with two attached hydrogens (primary N) is 1. The number of nitrogens with zero attached hydrogens (tertiary/aromatic N) is 2. The quantitative estimate of drug-likeness (QED) is 0.481. The number of hydrogen-bond acceptors (Lipinski definition) is 7. The SMILES string of the molecule is NC(=O)c1ccsc1NC(=O)CSc1nn(-c2ccccc2)c(=S)s1. The van der Waals surface area contributed by atoms with Gasteiger partial charge in [0.1, 0.15) is 5.00 Å². The van der Waals surface area contributed by atoms with Gasteiger partial charge in [0.15, 0.2) is 8.29 Å². The Kier molecular flexibility index (Phi) is 5.63. The lowest BCUT2D eigenvalue weighted by Gasteiger charge is -2.03.